The molecule has 0 saturated carbocycles. The van der Waals surface area contributed by atoms with Crippen LogP contribution in [0.15, 0.2) is 30.5 Å². The number of rotatable bonds is 2. The molecule has 4 heteroatoms. The van der Waals surface area contributed by atoms with E-state index in [2.05, 4.69) is 11.1 Å². The molecule has 2 rings (SSSR count). The minimum atomic E-state index is -0.808. The van der Waals surface area contributed by atoms with E-state index in [0.717, 1.165) is 18.5 Å². The molecule has 1 aliphatic heterocycles. The van der Waals surface area contributed by atoms with Gasteiger partial charge in [0.25, 0.3) is 0 Å². The number of amides is 1. The van der Waals surface area contributed by atoms with Crippen LogP contribution in [0.3, 0.4) is 0 Å². The van der Waals surface area contributed by atoms with E-state index in [9.17, 15) is 4.79 Å². The lowest BCUT2D eigenvalue weighted by atomic mass is 9.96. The second-order valence-corrected chi connectivity index (χ2v) is 4.22. The molecular formula is C13H16N2O2. The van der Waals surface area contributed by atoms with Crippen LogP contribution in [0.4, 0.5) is 4.79 Å². The number of carbonyl (C=O) groups is 1. The normalized spacial score (nSPS) is 17.5. The standard InChI is InChI=1S/C13H16N2O2/c16-13(17)15-9-6-11(7-10-15)4-5-12-3-1-2-8-14-12/h1-5,8,11H,6-7,9-10H2,(H,16,17)/b5-4+. The van der Waals surface area contributed by atoms with Crippen molar-refractivity contribution in [3.63, 3.8) is 0 Å². The Bertz CT molecular complexity index is 395. The lowest BCUT2D eigenvalue weighted by molar-refractivity contribution is 0.129. The Kier molecular flexibility index (Phi) is 3.75. The van der Waals surface area contributed by atoms with Gasteiger partial charge in [0.05, 0.1) is 5.69 Å². The number of aromatic nitrogens is 1. The highest BCUT2D eigenvalue weighted by Crippen LogP contribution is 2.19. The van der Waals surface area contributed by atoms with Crippen LogP contribution < -0.4 is 0 Å². The molecule has 2 heterocycles. The molecule has 1 aromatic rings. The fourth-order valence-electron chi connectivity index (χ4n) is 1.99. The first kappa shape index (κ1) is 11.6. The third-order valence-electron chi connectivity index (χ3n) is 3.04. The van der Waals surface area contributed by atoms with Crippen LogP contribution in [0.2, 0.25) is 0 Å². The monoisotopic (exact) mass is 232 g/mol. The second kappa shape index (κ2) is 5.48. The van der Waals surface area contributed by atoms with Gasteiger partial charge in [0.1, 0.15) is 0 Å². The van der Waals surface area contributed by atoms with Gasteiger partial charge in [-0.2, -0.15) is 0 Å². The lowest BCUT2D eigenvalue weighted by Crippen LogP contribution is -2.36. The molecule has 4 nitrogen and oxygen atoms in total. The first-order valence-electron chi connectivity index (χ1n) is 5.83. The average molecular weight is 232 g/mol. The van der Waals surface area contributed by atoms with Gasteiger partial charge in [0.2, 0.25) is 0 Å². The molecule has 1 saturated heterocycles. The van der Waals surface area contributed by atoms with Gasteiger partial charge < -0.3 is 10.0 Å². The van der Waals surface area contributed by atoms with Crippen LogP contribution in [-0.4, -0.2) is 34.2 Å². The maximum atomic E-state index is 10.7. The third kappa shape index (κ3) is 3.31. The van der Waals surface area contributed by atoms with E-state index in [0.29, 0.717) is 19.0 Å². The van der Waals surface area contributed by atoms with Gasteiger partial charge in [-0.05, 0) is 37.0 Å². The Morgan fingerprint density at radius 3 is 2.76 bits per heavy atom. The summed E-state index contributed by atoms with van der Waals surface area (Å²) in [5.74, 6) is 0.465. The summed E-state index contributed by atoms with van der Waals surface area (Å²) in [6, 6.07) is 5.81. The highest BCUT2D eigenvalue weighted by atomic mass is 16.4. The Morgan fingerprint density at radius 1 is 1.41 bits per heavy atom. The van der Waals surface area contributed by atoms with E-state index >= 15 is 0 Å². The molecule has 0 bridgehead atoms. The zero-order chi connectivity index (χ0) is 12.1. The zero-order valence-electron chi connectivity index (χ0n) is 9.62. The number of likely N-dealkylation sites (tertiary alicyclic amines) is 1. The minimum absolute atomic E-state index is 0.465. The predicted octanol–water partition coefficient (Wildman–Crippen LogP) is 2.48. The van der Waals surface area contributed by atoms with Crippen LogP contribution in [0.25, 0.3) is 6.08 Å². The van der Waals surface area contributed by atoms with E-state index in [1.165, 1.54) is 4.90 Å². The van der Waals surface area contributed by atoms with Crippen molar-refractivity contribution in [3.05, 3.63) is 36.2 Å². The van der Waals surface area contributed by atoms with Crippen LogP contribution >= 0.6 is 0 Å². The lowest BCUT2D eigenvalue weighted by Gasteiger charge is -2.28. The van der Waals surface area contributed by atoms with Gasteiger partial charge in [-0.1, -0.05) is 12.1 Å². The number of piperidine rings is 1. The van der Waals surface area contributed by atoms with Crippen molar-refractivity contribution in [2.75, 3.05) is 13.1 Å². The Balaban J connectivity index is 1.86. The van der Waals surface area contributed by atoms with Gasteiger partial charge in [-0.15, -0.1) is 0 Å². The number of hydrogen-bond acceptors (Lipinski definition) is 2. The number of pyridine rings is 1. The van der Waals surface area contributed by atoms with Gasteiger partial charge in [-0.3, -0.25) is 4.98 Å². The fourth-order valence-corrected chi connectivity index (χ4v) is 1.99. The molecule has 1 aromatic heterocycles. The first-order valence-corrected chi connectivity index (χ1v) is 5.83. The highest BCUT2D eigenvalue weighted by molar-refractivity contribution is 5.65. The fraction of sp³-hybridized carbons (Fsp3) is 0.385. The Hall–Kier alpha value is -1.84. The maximum absolute atomic E-state index is 10.7. The van der Waals surface area contributed by atoms with Crippen molar-refractivity contribution in [3.8, 4) is 0 Å². The van der Waals surface area contributed by atoms with E-state index in [-0.39, 0.29) is 0 Å². The summed E-state index contributed by atoms with van der Waals surface area (Å²) in [6.45, 7) is 1.26. The van der Waals surface area contributed by atoms with Crippen LogP contribution in [0.1, 0.15) is 18.5 Å². The molecule has 1 N–H and O–H groups in total. The topological polar surface area (TPSA) is 53.4 Å². The molecule has 0 atom stereocenters. The van der Waals surface area contributed by atoms with Crippen molar-refractivity contribution >= 4 is 12.2 Å². The SMILES string of the molecule is O=C(O)N1CCC(/C=C/c2ccccn2)CC1. The van der Waals surface area contributed by atoms with Crippen LogP contribution in [0, 0.1) is 5.92 Å². The highest BCUT2D eigenvalue weighted by Gasteiger charge is 2.20. The summed E-state index contributed by atoms with van der Waals surface area (Å²) < 4.78 is 0. The van der Waals surface area contributed by atoms with E-state index in [1.54, 1.807) is 6.20 Å². The van der Waals surface area contributed by atoms with Gasteiger partial charge in [0, 0.05) is 19.3 Å². The largest absolute Gasteiger partial charge is 0.465 e. The number of allylic oxidation sites excluding steroid dienone is 1. The average Bonchev–Trinajstić information content (AvgIpc) is 2.38. The summed E-state index contributed by atoms with van der Waals surface area (Å²) in [5.41, 5.74) is 0.952. The molecule has 1 aliphatic rings. The van der Waals surface area contributed by atoms with Crippen molar-refractivity contribution < 1.29 is 9.90 Å². The van der Waals surface area contributed by atoms with Gasteiger partial charge in [0.15, 0.2) is 0 Å². The maximum Gasteiger partial charge on any atom is 0.407 e. The van der Waals surface area contributed by atoms with Crippen molar-refractivity contribution in [1.29, 1.82) is 0 Å². The Morgan fingerprint density at radius 2 is 2.18 bits per heavy atom. The molecule has 0 spiro atoms. The molecule has 1 fully saturated rings. The molecule has 0 aromatic carbocycles. The zero-order valence-corrected chi connectivity index (χ0v) is 9.62. The number of nitrogens with zero attached hydrogens (tertiary/aromatic N) is 2. The van der Waals surface area contributed by atoms with E-state index in [1.807, 2.05) is 24.3 Å². The van der Waals surface area contributed by atoms with Crippen molar-refractivity contribution in [1.82, 2.24) is 9.88 Å². The third-order valence-corrected chi connectivity index (χ3v) is 3.04. The molecular weight excluding hydrogens is 216 g/mol. The number of carboxylic acid groups (broad SMARTS) is 1. The minimum Gasteiger partial charge on any atom is -0.465 e. The molecule has 90 valence electrons. The summed E-state index contributed by atoms with van der Waals surface area (Å²) in [7, 11) is 0. The van der Waals surface area contributed by atoms with Crippen LogP contribution in [0.5, 0.6) is 0 Å². The van der Waals surface area contributed by atoms with Gasteiger partial charge >= 0.3 is 6.09 Å². The smallest absolute Gasteiger partial charge is 0.407 e. The summed E-state index contributed by atoms with van der Waals surface area (Å²) in [4.78, 5) is 16.4. The first-order chi connectivity index (χ1) is 8.25. The van der Waals surface area contributed by atoms with E-state index < -0.39 is 6.09 Å². The summed E-state index contributed by atoms with van der Waals surface area (Å²) in [5, 5.41) is 8.83. The molecule has 0 unspecified atom stereocenters. The molecule has 1 amide bonds. The van der Waals surface area contributed by atoms with Crippen LogP contribution in [-0.2, 0) is 0 Å². The van der Waals surface area contributed by atoms with Crippen molar-refractivity contribution in [2.45, 2.75) is 12.8 Å². The summed E-state index contributed by atoms with van der Waals surface area (Å²) in [6.07, 6.45) is 6.91. The second-order valence-electron chi connectivity index (χ2n) is 4.22. The van der Waals surface area contributed by atoms with E-state index in [4.69, 9.17) is 5.11 Å². The van der Waals surface area contributed by atoms with Gasteiger partial charge in [-0.25, -0.2) is 4.79 Å². The predicted molar refractivity (Wildman–Crippen MR) is 65.6 cm³/mol. The Labute approximate surface area is 101 Å². The quantitative estimate of drug-likeness (QED) is 0.852. The molecule has 0 radical (unpaired) electrons. The van der Waals surface area contributed by atoms with Crippen molar-refractivity contribution in [2.24, 2.45) is 5.92 Å². The number of hydrogen-bond donors (Lipinski definition) is 1. The molecule has 0 aliphatic carbocycles. The summed E-state index contributed by atoms with van der Waals surface area (Å²) >= 11 is 0. The molecule has 17 heavy (non-hydrogen) atoms.